The minimum absolute atomic E-state index is 0.104. The lowest BCUT2D eigenvalue weighted by Gasteiger charge is -2.36. The Morgan fingerprint density at radius 2 is 1.54 bits per heavy atom. The van der Waals surface area contributed by atoms with E-state index in [1.54, 1.807) is 46.2 Å². The third kappa shape index (κ3) is 13.6. The van der Waals surface area contributed by atoms with Crippen molar-refractivity contribution in [2.24, 2.45) is 11.3 Å². The van der Waals surface area contributed by atoms with Gasteiger partial charge in [-0.3, -0.25) is 20.0 Å². The van der Waals surface area contributed by atoms with Crippen molar-refractivity contribution in [2.75, 3.05) is 33.9 Å². The van der Waals surface area contributed by atoms with E-state index in [9.17, 15) is 24.3 Å². The fraction of sp³-hybridized carbons (Fsp3) is 0.438. The fourth-order valence-corrected chi connectivity index (χ4v) is 7.52. The zero-order valence-electron chi connectivity index (χ0n) is 37.7. The van der Waals surface area contributed by atoms with Crippen LogP contribution in [0.2, 0.25) is 0 Å². The highest BCUT2D eigenvalue weighted by molar-refractivity contribution is 5.88. The largest absolute Gasteiger partial charge is 0.497 e. The summed E-state index contributed by atoms with van der Waals surface area (Å²) in [6.45, 7) is 12.4. The van der Waals surface area contributed by atoms with Gasteiger partial charge in [-0.15, -0.1) is 0 Å². The summed E-state index contributed by atoms with van der Waals surface area (Å²) >= 11 is 0. The number of aromatic nitrogens is 1. The maximum absolute atomic E-state index is 14.6. The van der Waals surface area contributed by atoms with Gasteiger partial charge in [0.25, 0.3) is 5.91 Å². The van der Waals surface area contributed by atoms with E-state index in [4.69, 9.17) is 14.2 Å². The first-order valence-corrected chi connectivity index (χ1v) is 21.4. The van der Waals surface area contributed by atoms with Crippen molar-refractivity contribution in [2.45, 2.75) is 91.7 Å². The van der Waals surface area contributed by atoms with Crippen LogP contribution in [-0.2, 0) is 33.8 Å². The molecule has 5 amide bonds. The van der Waals surface area contributed by atoms with Crippen LogP contribution in [0, 0.1) is 18.3 Å². The molecule has 338 valence electrons. The molecule has 0 aliphatic carbocycles. The number of pyridine rings is 1. The Kier molecular flexibility index (Phi) is 16.9. The standard InChI is InChI=1S/C48H63N7O8/c1-9-32(2)42(55-26-25-53(47(55)60)30-36-19-13-15-33(3)49-36)44(57)50-40(28-34-16-11-10-12-17-34)41(56)31-54(52-45(58)43(48(4,5)6)51-46(59)62-8)29-35-18-14-20-39(27-35)63-38-23-21-37(61-7)22-24-38/h10-24,27,32,40-43,56H,9,25-26,28-31H2,1-8H3,(H,50,57)(H,51,59)(H,52,58)/t32-,40-,41-,42-,43+/m0/s1. The van der Waals surface area contributed by atoms with Crippen LogP contribution in [0.25, 0.3) is 0 Å². The molecule has 0 bridgehead atoms. The van der Waals surface area contributed by atoms with Gasteiger partial charge in [0, 0.05) is 31.9 Å². The zero-order valence-corrected chi connectivity index (χ0v) is 37.7. The summed E-state index contributed by atoms with van der Waals surface area (Å²) in [5.41, 5.74) is 5.44. The monoisotopic (exact) mass is 865 g/mol. The molecule has 0 spiro atoms. The number of urea groups is 1. The molecule has 63 heavy (non-hydrogen) atoms. The highest BCUT2D eigenvalue weighted by atomic mass is 16.5. The van der Waals surface area contributed by atoms with Gasteiger partial charge < -0.3 is 39.8 Å². The van der Waals surface area contributed by atoms with Crippen molar-refractivity contribution >= 4 is 23.9 Å². The van der Waals surface area contributed by atoms with Gasteiger partial charge in [0.15, 0.2) is 0 Å². The Balaban J connectivity index is 1.42. The number of methoxy groups -OCH3 is 2. The molecule has 4 aromatic rings. The number of hydrogen-bond donors (Lipinski definition) is 4. The Labute approximate surface area is 371 Å². The third-order valence-electron chi connectivity index (χ3n) is 11.1. The highest BCUT2D eigenvalue weighted by Gasteiger charge is 2.41. The number of carbonyl (C=O) groups excluding carboxylic acids is 4. The van der Waals surface area contributed by atoms with Gasteiger partial charge in [-0.2, -0.15) is 0 Å². The van der Waals surface area contributed by atoms with Crippen molar-refractivity contribution in [1.29, 1.82) is 0 Å². The number of alkyl carbamates (subject to hydrolysis) is 1. The van der Waals surface area contributed by atoms with Crippen LogP contribution in [0.1, 0.15) is 63.6 Å². The first kappa shape index (κ1) is 47.9. The minimum atomic E-state index is -1.24. The van der Waals surface area contributed by atoms with Crippen LogP contribution in [0.3, 0.4) is 0 Å². The smallest absolute Gasteiger partial charge is 0.407 e. The van der Waals surface area contributed by atoms with Gasteiger partial charge in [-0.1, -0.05) is 89.6 Å². The second-order valence-electron chi connectivity index (χ2n) is 17.1. The zero-order chi connectivity index (χ0) is 45.7. The fourth-order valence-electron chi connectivity index (χ4n) is 7.52. The van der Waals surface area contributed by atoms with Crippen LogP contribution in [0.15, 0.2) is 97.1 Å². The Bertz CT molecular complexity index is 2130. The highest BCUT2D eigenvalue weighted by Crippen LogP contribution is 2.27. The van der Waals surface area contributed by atoms with E-state index in [0.717, 1.165) is 22.5 Å². The van der Waals surface area contributed by atoms with Crippen LogP contribution in [-0.4, -0.2) is 107 Å². The van der Waals surface area contributed by atoms with E-state index < -0.39 is 41.6 Å². The number of nitrogens with one attached hydrogen (secondary N) is 3. The predicted molar refractivity (Wildman–Crippen MR) is 240 cm³/mol. The lowest BCUT2D eigenvalue weighted by molar-refractivity contribution is -0.132. The second kappa shape index (κ2) is 22.2. The summed E-state index contributed by atoms with van der Waals surface area (Å²) < 4.78 is 16.3. The molecule has 2 heterocycles. The number of carbonyl (C=O) groups is 4. The number of rotatable bonds is 20. The molecule has 4 N–H and O–H groups in total. The average molecular weight is 866 g/mol. The maximum Gasteiger partial charge on any atom is 0.407 e. The molecule has 1 aromatic heterocycles. The van der Waals surface area contributed by atoms with Crippen molar-refractivity contribution in [3.63, 3.8) is 0 Å². The molecule has 15 heteroatoms. The topological polar surface area (TPSA) is 175 Å². The number of benzene rings is 3. The van der Waals surface area contributed by atoms with E-state index in [1.165, 1.54) is 7.11 Å². The molecule has 15 nitrogen and oxygen atoms in total. The molecule has 1 fully saturated rings. The van der Waals surface area contributed by atoms with E-state index in [1.807, 2.05) is 114 Å². The summed E-state index contributed by atoms with van der Waals surface area (Å²) in [4.78, 5) is 63.0. The number of aliphatic hydroxyl groups is 1. The number of amides is 5. The molecule has 1 saturated heterocycles. The molecule has 0 radical (unpaired) electrons. The molecular formula is C48H63N7O8. The van der Waals surface area contributed by atoms with Crippen molar-refractivity contribution in [1.82, 2.24) is 35.9 Å². The van der Waals surface area contributed by atoms with E-state index in [-0.39, 0.29) is 37.4 Å². The molecular weight excluding hydrogens is 803 g/mol. The number of aliphatic hydroxyl groups excluding tert-OH is 1. The Morgan fingerprint density at radius 1 is 0.857 bits per heavy atom. The molecule has 0 unspecified atom stereocenters. The summed E-state index contributed by atoms with van der Waals surface area (Å²) in [6.07, 6.45) is -1.14. The average Bonchev–Trinajstić information content (AvgIpc) is 3.60. The molecule has 1 aliphatic heterocycles. The number of hydrogen-bond acceptors (Lipinski definition) is 10. The first-order valence-electron chi connectivity index (χ1n) is 21.4. The molecule has 3 aromatic carbocycles. The van der Waals surface area contributed by atoms with Crippen LogP contribution >= 0.6 is 0 Å². The molecule has 1 aliphatic rings. The summed E-state index contributed by atoms with van der Waals surface area (Å²) in [5.74, 6) is 0.695. The van der Waals surface area contributed by atoms with E-state index in [2.05, 4.69) is 21.0 Å². The third-order valence-corrected chi connectivity index (χ3v) is 11.1. The van der Waals surface area contributed by atoms with Gasteiger partial charge >= 0.3 is 12.1 Å². The quantitative estimate of drug-likeness (QED) is 0.0746. The van der Waals surface area contributed by atoms with Gasteiger partial charge in [0.05, 0.1) is 38.6 Å². The number of ether oxygens (including phenoxy) is 3. The van der Waals surface area contributed by atoms with Crippen LogP contribution < -0.4 is 25.5 Å². The minimum Gasteiger partial charge on any atom is -0.497 e. The van der Waals surface area contributed by atoms with Gasteiger partial charge in [0.2, 0.25) is 5.91 Å². The van der Waals surface area contributed by atoms with Crippen molar-refractivity contribution < 1.29 is 38.5 Å². The maximum atomic E-state index is 14.6. The van der Waals surface area contributed by atoms with Crippen LogP contribution in [0.5, 0.6) is 17.2 Å². The second-order valence-corrected chi connectivity index (χ2v) is 17.1. The first-order chi connectivity index (χ1) is 30.1. The van der Waals surface area contributed by atoms with E-state index >= 15 is 0 Å². The number of hydrazine groups is 1. The molecule has 5 rings (SSSR count). The van der Waals surface area contributed by atoms with Crippen molar-refractivity contribution in [3.8, 4) is 17.2 Å². The number of nitrogens with zero attached hydrogens (tertiary/aromatic N) is 4. The Morgan fingerprint density at radius 3 is 2.19 bits per heavy atom. The predicted octanol–water partition coefficient (Wildman–Crippen LogP) is 6.24. The summed E-state index contributed by atoms with van der Waals surface area (Å²) in [7, 11) is 2.82. The lowest BCUT2D eigenvalue weighted by Crippen LogP contribution is -2.60. The number of aryl methyl sites for hydroxylation is 1. The summed E-state index contributed by atoms with van der Waals surface area (Å²) in [6, 6.07) is 26.8. The molecule has 5 atom stereocenters. The van der Waals surface area contributed by atoms with Gasteiger partial charge in [-0.25, -0.2) is 14.6 Å². The SMILES string of the molecule is CC[C@H](C)[C@@H](C(=O)N[C@@H](Cc1ccccc1)[C@@H](O)CN(Cc1cccc(Oc2ccc(OC)cc2)c1)NC(=O)[C@@H](NC(=O)OC)C(C)(C)C)N1CCN(Cc2cccc(C)n2)C1=O. The normalized spacial score (nSPS) is 15.2. The van der Waals surface area contributed by atoms with Crippen molar-refractivity contribution in [3.05, 3.63) is 120 Å². The van der Waals surface area contributed by atoms with Gasteiger partial charge in [0.1, 0.15) is 29.3 Å². The molecule has 0 saturated carbocycles. The lowest BCUT2D eigenvalue weighted by atomic mass is 9.86. The van der Waals surface area contributed by atoms with Crippen LogP contribution in [0.4, 0.5) is 9.59 Å². The van der Waals surface area contributed by atoms with Gasteiger partial charge in [-0.05, 0) is 84.3 Å². The van der Waals surface area contributed by atoms with E-state index in [0.29, 0.717) is 43.3 Å². The Hall–Kier alpha value is -6.19. The summed E-state index contributed by atoms with van der Waals surface area (Å²) in [5, 5.41) is 19.6.